The number of halogens is 2. The van der Waals surface area contributed by atoms with Crippen LogP contribution < -0.4 is 16.6 Å². The normalized spacial score (nSPS) is 11.1. The summed E-state index contributed by atoms with van der Waals surface area (Å²) in [6.07, 6.45) is 0. The van der Waals surface area contributed by atoms with Crippen molar-refractivity contribution in [3.8, 4) is 5.69 Å². The summed E-state index contributed by atoms with van der Waals surface area (Å²) in [6, 6.07) is 10.1. The van der Waals surface area contributed by atoms with Gasteiger partial charge in [-0.05, 0) is 54.6 Å². The molecule has 0 saturated carbocycles. The first-order valence-corrected chi connectivity index (χ1v) is 10.6. The number of carbonyl (C=O) groups is 1. The van der Waals surface area contributed by atoms with Gasteiger partial charge in [0, 0.05) is 18.2 Å². The minimum atomic E-state index is -0.772. The van der Waals surface area contributed by atoms with E-state index in [-0.39, 0.29) is 18.7 Å². The molecular formula is C23H19F2N3O3S. The van der Waals surface area contributed by atoms with Crippen molar-refractivity contribution < 1.29 is 13.6 Å². The molecule has 9 heteroatoms. The van der Waals surface area contributed by atoms with Crippen LogP contribution in [-0.2, 0) is 17.9 Å². The smallest absolute Gasteiger partial charge is 0.336 e. The largest absolute Gasteiger partial charge is 0.350 e. The quantitative estimate of drug-likeness (QED) is 0.501. The highest BCUT2D eigenvalue weighted by molar-refractivity contribution is 7.17. The van der Waals surface area contributed by atoms with Crippen LogP contribution in [0.1, 0.15) is 16.7 Å². The summed E-state index contributed by atoms with van der Waals surface area (Å²) in [6.45, 7) is 3.21. The zero-order valence-electron chi connectivity index (χ0n) is 17.3. The standard InChI is InChI=1S/C23H19F2N3O3S/c1-13-7-14(2)9-17(8-13)28-22(30)21-19(5-6-32-21)27(23(28)31)12-20(29)26-11-15-3-4-16(24)10-18(15)25/h3-10H,11-12H2,1-2H3,(H,26,29). The highest BCUT2D eigenvalue weighted by atomic mass is 32.1. The number of nitrogens with zero attached hydrogens (tertiary/aromatic N) is 2. The monoisotopic (exact) mass is 455 g/mol. The Morgan fingerprint density at radius 3 is 2.44 bits per heavy atom. The van der Waals surface area contributed by atoms with Gasteiger partial charge in [0.1, 0.15) is 22.9 Å². The van der Waals surface area contributed by atoms with Crippen LogP contribution in [0.15, 0.2) is 57.4 Å². The molecule has 6 nitrogen and oxygen atoms in total. The third-order valence-electron chi connectivity index (χ3n) is 5.01. The Hall–Kier alpha value is -3.59. The van der Waals surface area contributed by atoms with Crippen LogP contribution in [0, 0.1) is 25.5 Å². The molecule has 2 heterocycles. The molecule has 0 aliphatic carbocycles. The van der Waals surface area contributed by atoms with Crippen molar-refractivity contribution in [2.24, 2.45) is 0 Å². The van der Waals surface area contributed by atoms with Gasteiger partial charge >= 0.3 is 5.69 Å². The first-order valence-electron chi connectivity index (χ1n) is 9.77. The SMILES string of the molecule is Cc1cc(C)cc(-n2c(=O)c3sccc3n(CC(=O)NCc3ccc(F)cc3F)c2=O)c1. The van der Waals surface area contributed by atoms with Gasteiger partial charge in [-0.2, -0.15) is 0 Å². The van der Waals surface area contributed by atoms with E-state index < -0.39 is 28.8 Å². The van der Waals surface area contributed by atoms with E-state index in [1.165, 1.54) is 22.0 Å². The molecule has 0 bridgehead atoms. The Morgan fingerprint density at radius 2 is 1.75 bits per heavy atom. The molecule has 0 atom stereocenters. The first kappa shape index (κ1) is 21.6. The Balaban J connectivity index is 1.71. The second-order valence-electron chi connectivity index (χ2n) is 7.50. The number of rotatable bonds is 5. The number of aromatic nitrogens is 2. The van der Waals surface area contributed by atoms with E-state index in [9.17, 15) is 23.2 Å². The van der Waals surface area contributed by atoms with E-state index in [1.807, 2.05) is 19.9 Å². The van der Waals surface area contributed by atoms with Crippen molar-refractivity contribution in [3.05, 3.63) is 97.0 Å². The lowest BCUT2D eigenvalue weighted by atomic mass is 10.1. The fourth-order valence-electron chi connectivity index (χ4n) is 3.61. The number of carbonyl (C=O) groups excluding carboxylic acids is 1. The summed E-state index contributed by atoms with van der Waals surface area (Å²) in [4.78, 5) is 38.9. The number of hydrogen-bond acceptors (Lipinski definition) is 4. The number of benzene rings is 2. The Kier molecular flexibility index (Phi) is 5.75. The van der Waals surface area contributed by atoms with Gasteiger partial charge in [0.15, 0.2) is 0 Å². The number of aryl methyl sites for hydroxylation is 2. The predicted octanol–water partition coefficient (Wildman–Crippen LogP) is 3.43. The number of nitrogens with one attached hydrogen (secondary N) is 1. The van der Waals surface area contributed by atoms with Gasteiger partial charge in [-0.3, -0.25) is 14.2 Å². The van der Waals surface area contributed by atoms with Gasteiger partial charge in [0.2, 0.25) is 5.91 Å². The van der Waals surface area contributed by atoms with Crippen molar-refractivity contribution in [3.63, 3.8) is 0 Å². The summed E-state index contributed by atoms with van der Waals surface area (Å²) >= 11 is 1.18. The van der Waals surface area contributed by atoms with Crippen LogP contribution in [0.25, 0.3) is 15.9 Å². The average molecular weight is 455 g/mol. The number of amides is 1. The second kappa shape index (κ2) is 8.51. The van der Waals surface area contributed by atoms with Gasteiger partial charge in [-0.15, -0.1) is 11.3 Å². The van der Waals surface area contributed by atoms with Crippen LogP contribution in [0.4, 0.5) is 8.78 Å². The van der Waals surface area contributed by atoms with Gasteiger partial charge in [-0.25, -0.2) is 18.1 Å². The topological polar surface area (TPSA) is 73.1 Å². The third-order valence-corrected chi connectivity index (χ3v) is 5.90. The summed E-state index contributed by atoms with van der Waals surface area (Å²) in [7, 11) is 0. The van der Waals surface area contributed by atoms with E-state index in [2.05, 4.69) is 5.32 Å². The minimum absolute atomic E-state index is 0.119. The second-order valence-corrected chi connectivity index (χ2v) is 8.42. The highest BCUT2D eigenvalue weighted by Crippen LogP contribution is 2.18. The van der Waals surface area contributed by atoms with E-state index >= 15 is 0 Å². The zero-order valence-corrected chi connectivity index (χ0v) is 18.1. The Labute approximate surface area is 185 Å². The van der Waals surface area contributed by atoms with Gasteiger partial charge in [0.05, 0.1) is 11.2 Å². The van der Waals surface area contributed by atoms with E-state index in [1.54, 1.807) is 23.6 Å². The molecule has 2 aromatic carbocycles. The first-order chi connectivity index (χ1) is 15.2. The lowest BCUT2D eigenvalue weighted by molar-refractivity contribution is -0.121. The van der Waals surface area contributed by atoms with Crippen molar-refractivity contribution in [1.29, 1.82) is 0 Å². The molecule has 0 aliphatic rings. The molecule has 1 N–H and O–H groups in total. The molecule has 32 heavy (non-hydrogen) atoms. The van der Waals surface area contributed by atoms with Gasteiger partial charge in [0.25, 0.3) is 5.56 Å². The van der Waals surface area contributed by atoms with Crippen LogP contribution >= 0.6 is 11.3 Å². The molecular weight excluding hydrogens is 436 g/mol. The maximum atomic E-state index is 13.8. The maximum Gasteiger partial charge on any atom is 0.336 e. The third kappa shape index (κ3) is 4.11. The molecule has 0 unspecified atom stereocenters. The summed E-state index contributed by atoms with van der Waals surface area (Å²) < 4.78 is 29.5. The lowest BCUT2D eigenvalue weighted by Gasteiger charge is -2.13. The number of hydrogen-bond donors (Lipinski definition) is 1. The molecule has 2 aromatic heterocycles. The summed E-state index contributed by atoms with van der Waals surface area (Å²) in [5.74, 6) is -2.03. The van der Waals surface area contributed by atoms with Crippen LogP contribution in [0.5, 0.6) is 0 Å². The van der Waals surface area contributed by atoms with Crippen molar-refractivity contribution >= 4 is 27.5 Å². The minimum Gasteiger partial charge on any atom is -0.350 e. The average Bonchev–Trinajstić information content (AvgIpc) is 3.20. The van der Waals surface area contributed by atoms with E-state index in [0.29, 0.717) is 15.9 Å². The highest BCUT2D eigenvalue weighted by Gasteiger charge is 2.18. The maximum absolute atomic E-state index is 13.8. The molecule has 0 radical (unpaired) electrons. The molecule has 0 fully saturated rings. The van der Waals surface area contributed by atoms with Gasteiger partial charge in [-0.1, -0.05) is 12.1 Å². The molecule has 164 valence electrons. The predicted molar refractivity (Wildman–Crippen MR) is 119 cm³/mol. The molecule has 0 spiro atoms. The van der Waals surface area contributed by atoms with E-state index in [0.717, 1.165) is 27.8 Å². The van der Waals surface area contributed by atoms with Crippen molar-refractivity contribution in [2.45, 2.75) is 26.9 Å². The number of fused-ring (bicyclic) bond motifs is 1. The van der Waals surface area contributed by atoms with E-state index in [4.69, 9.17) is 0 Å². The van der Waals surface area contributed by atoms with Crippen LogP contribution in [0.2, 0.25) is 0 Å². The van der Waals surface area contributed by atoms with Crippen LogP contribution in [-0.4, -0.2) is 15.0 Å². The lowest BCUT2D eigenvalue weighted by Crippen LogP contribution is -2.41. The molecule has 4 rings (SSSR count). The fraction of sp³-hybridized carbons (Fsp3) is 0.174. The fourth-order valence-corrected chi connectivity index (χ4v) is 4.43. The Bertz CT molecular complexity index is 1450. The van der Waals surface area contributed by atoms with Crippen molar-refractivity contribution in [2.75, 3.05) is 0 Å². The molecule has 0 aliphatic heterocycles. The van der Waals surface area contributed by atoms with Crippen molar-refractivity contribution in [1.82, 2.24) is 14.5 Å². The van der Waals surface area contributed by atoms with Crippen LogP contribution in [0.3, 0.4) is 0 Å². The Morgan fingerprint density at radius 1 is 1.03 bits per heavy atom. The summed E-state index contributed by atoms with van der Waals surface area (Å²) in [5, 5.41) is 4.22. The molecule has 4 aromatic rings. The molecule has 1 amide bonds. The zero-order chi connectivity index (χ0) is 23.0. The number of thiophene rings is 1. The van der Waals surface area contributed by atoms with Gasteiger partial charge < -0.3 is 5.32 Å². The molecule has 0 saturated heterocycles. The summed E-state index contributed by atoms with van der Waals surface area (Å²) in [5.41, 5.74) is 1.59.